The summed E-state index contributed by atoms with van der Waals surface area (Å²) in [4.78, 5) is 13.5. The highest BCUT2D eigenvalue weighted by Crippen LogP contribution is 2.10. The van der Waals surface area contributed by atoms with E-state index >= 15 is 0 Å². The molecule has 4 nitrogen and oxygen atoms in total. The molecule has 0 fully saturated rings. The van der Waals surface area contributed by atoms with Crippen LogP contribution in [0.3, 0.4) is 0 Å². The summed E-state index contributed by atoms with van der Waals surface area (Å²) in [5, 5.41) is 0. The normalized spacial score (nSPS) is 11.3. The zero-order chi connectivity index (χ0) is 12.6. The molecule has 0 spiro atoms. The number of hydrogen-bond donors (Lipinski definition) is 1. The third-order valence-electron chi connectivity index (χ3n) is 2.17. The van der Waals surface area contributed by atoms with Crippen LogP contribution in [0.2, 0.25) is 0 Å². The molecular formula is C12H26N2O2. The van der Waals surface area contributed by atoms with E-state index in [-0.39, 0.29) is 6.09 Å². The van der Waals surface area contributed by atoms with Crippen molar-refractivity contribution in [2.24, 2.45) is 5.73 Å². The lowest BCUT2D eigenvalue weighted by Crippen LogP contribution is -2.37. The van der Waals surface area contributed by atoms with Gasteiger partial charge in [0.05, 0.1) is 0 Å². The number of ether oxygens (including phenoxy) is 1. The molecule has 0 aromatic carbocycles. The van der Waals surface area contributed by atoms with Gasteiger partial charge in [-0.05, 0) is 47.1 Å². The van der Waals surface area contributed by atoms with Crippen LogP contribution < -0.4 is 5.73 Å². The number of nitrogens with two attached hydrogens (primary N) is 1. The van der Waals surface area contributed by atoms with E-state index in [0.29, 0.717) is 6.54 Å². The maximum atomic E-state index is 11.7. The minimum atomic E-state index is -0.415. The summed E-state index contributed by atoms with van der Waals surface area (Å²) in [6.45, 7) is 9.78. The molecule has 0 aromatic heterocycles. The first-order chi connectivity index (χ1) is 7.40. The van der Waals surface area contributed by atoms with E-state index in [1.807, 2.05) is 27.7 Å². The largest absolute Gasteiger partial charge is 0.444 e. The van der Waals surface area contributed by atoms with Gasteiger partial charge in [0.2, 0.25) is 0 Å². The van der Waals surface area contributed by atoms with Gasteiger partial charge >= 0.3 is 6.09 Å². The number of unbranched alkanes of at least 4 members (excludes halogenated alkanes) is 2. The molecule has 1 amide bonds. The van der Waals surface area contributed by atoms with Gasteiger partial charge < -0.3 is 15.4 Å². The van der Waals surface area contributed by atoms with Crippen molar-refractivity contribution in [2.45, 2.75) is 52.6 Å². The predicted molar refractivity (Wildman–Crippen MR) is 66.4 cm³/mol. The third-order valence-corrected chi connectivity index (χ3v) is 2.17. The molecule has 0 aliphatic rings. The van der Waals surface area contributed by atoms with Gasteiger partial charge in [0.25, 0.3) is 0 Å². The van der Waals surface area contributed by atoms with E-state index in [1.165, 1.54) is 0 Å². The number of rotatable bonds is 6. The summed E-state index contributed by atoms with van der Waals surface area (Å²) in [6, 6.07) is 0. The molecule has 0 unspecified atom stereocenters. The molecular weight excluding hydrogens is 204 g/mol. The molecule has 0 heterocycles. The minimum Gasteiger partial charge on any atom is -0.444 e. The highest BCUT2D eigenvalue weighted by atomic mass is 16.6. The first kappa shape index (κ1) is 15.2. The molecule has 0 aliphatic heterocycles. The predicted octanol–water partition coefficient (Wildman–Crippen LogP) is 2.37. The zero-order valence-corrected chi connectivity index (χ0v) is 11.1. The first-order valence-corrected chi connectivity index (χ1v) is 6.08. The molecule has 4 heteroatoms. The lowest BCUT2D eigenvalue weighted by molar-refractivity contribution is 0.0257. The SMILES string of the molecule is CCN(CCCCCN)C(=O)OC(C)(C)C. The van der Waals surface area contributed by atoms with Crippen LogP contribution in [-0.2, 0) is 4.74 Å². The van der Waals surface area contributed by atoms with Crippen LogP contribution in [0.5, 0.6) is 0 Å². The molecule has 2 N–H and O–H groups in total. The second-order valence-electron chi connectivity index (χ2n) is 4.91. The van der Waals surface area contributed by atoms with Crippen LogP contribution in [0.1, 0.15) is 47.0 Å². The number of amides is 1. The van der Waals surface area contributed by atoms with Gasteiger partial charge in [-0.15, -0.1) is 0 Å². The Morgan fingerprint density at radius 2 is 1.88 bits per heavy atom. The van der Waals surface area contributed by atoms with Gasteiger partial charge in [-0.1, -0.05) is 6.42 Å². The van der Waals surface area contributed by atoms with Gasteiger partial charge in [0.15, 0.2) is 0 Å². The topological polar surface area (TPSA) is 55.6 Å². The summed E-state index contributed by atoms with van der Waals surface area (Å²) in [5.74, 6) is 0. The lowest BCUT2D eigenvalue weighted by Gasteiger charge is -2.26. The van der Waals surface area contributed by atoms with Crippen molar-refractivity contribution < 1.29 is 9.53 Å². The number of nitrogens with zero attached hydrogens (tertiary/aromatic N) is 1. The molecule has 0 rings (SSSR count). The third kappa shape index (κ3) is 7.51. The first-order valence-electron chi connectivity index (χ1n) is 6.08. The van der Waals surface area contributed by atoms with Crippen molar-refractivity contribution in [3.8, 4) is 0 Å². The summed E-state index contributed by atoms with van der Waals surface area (Å²) in [5.41, 5.74) is 5.00. The van der Waals surface area contributed by atoms with Gasteiger partial charge in [-0.3, -0.25) is 0 Å². The number of hydrogen-bond acceptors (Lipinski definition) is 3. The Kier molecular flexibility index (Phi) is 7.13. The van der Waals surface area contributed by atoms with E-state index in [1.54, 1.807) is 4.90 Å². The van der Waals surface area contributed by atoms with Gasteiger partial charge in [0.1, 0.15) is 5.60 Å². The molecule has 0 saturated carbocycles. The molecule has 0 radical (unpaired) electrons. The van der Waals surface area contributed by atoms with Crippen molar-refractivity contribution in [3.05, 3.63) is 0 Å². The second kappa shape index (κ2) is 7.49. The van der Waals surface area contributed by atoms with Gasteiger partial charge in [0, 0.05) is 13.1 Å². The van der Waals surface area contributed by atoms with E-state index in [2.05, 4.69) is 0 Å². The van der Waals surface area contributed by atoms with Crippen LogP contribution in [0.4, 0.5) is 4.79 Å². The van der Waals surface area contributed by atoms with Crippen LogP contribution >= 0.6 is 0 Å². The fourth-order valence-electron chi connectivity index (χ4n) is 1.33. The van der Waals surface area contributed by atoms with E-state index in [4.69, 9.17) is 10.5 Å². The molecule has 0 atom stereocenters. The summed E-state index contributed by atoms with van der Waals surface area (Å²) < 4.78 is 5.31. The zero-order valence-electron chi connectivity index (χ0n) is 11.1. The standard InChI is InChI=1S/C12H26N2O2/c1-5-14(10-8-6-7-9-13)11(15)16-12(2,3)4/h5-10,13H2,1-4H3. The van der Waals surface area contributed by atoms with Crippen LogP contribution in [0.25, 0.3) is 0 Å². The minimum absolute atomic E-state index is 0.220. The Balaban J connectivity index is 3.93. The lowest BCUT2D eigenvalue weighted by atomic mass is 10.2. The summed E-state index contributed by atoms with van der Waals surface area (Å²) in [6.07, 6.45) is 2.86. The molecule has 0 aromatic rings. The number of carbonyl (C=O) groups is 1. The average molecular weight is 230 g/mol. The van der Waals surface area contributed by atoms with Crippen molar-refractivity contribution in [2.75, 3.05) is 19.6 Å². The Bertz CT molecular complexity index is 200. The van der Waals surface area contributed by atoms with Crippen molar-refractivity contribution >= 4 is 6.09 Å². The highest BCUT2D eigenvalue weighted by Gasteiger charge is 2.20. The van der Waals surface area contributed by atoms with Gasteiger partial charge in [-0.2, -0.15) is 0 Å². The van der Waals surface area contributed by atoms with Crippen molar-refractivity contribution in [3.63, 3.8) is 0 Å². The molecule has 0 saturated heterocycles. The Labute approximate surface area is 99.1 Å². The Morgan fingerprint density at radius 1 is 1.25 bits per heavy atom. The maximum absolute atomic E-state index is 11.7. The smallest absolute Gasteiger partial charge is 0.410 e. The monoisotopic (exact) mass is 230 g/mol. The van der Waals surface area contributed by atoms with E-state index in [9.17, 15) is 4.79 Å². The molecule has 16 heavy (non-hydrogen) atoms. The summed E-state index contributed by atoms with van der Waals surface area (Å²) in [7, 11) is 0. The van der Waals surface area contributed by atoms with Crippen LogP contribution in [-0.4, -0.2) is 36.2 Å². The fraction of sp³-hybridized carbons (Fsp3) is 0.917. The van der Waals surface area contributed by atoms with Crippen molar-refractivity contribution in [1.82, 2.24) is 4.90 Å². The van der Waals surface area contributed by atoms with Gasteiger partial charge in [-0.25, -0.2) is 4.79 Å². The quantitative estimate of drug-likeness (QED) is 0.713. The molecule has 0 bridgehead atoms. The summed E-state index contributed by atoms with van der Waals surface area (Å²) >= 11 is 0. The number of carbonyl (C=O) groups excluding carboxylic acids is 1. The Morgan fingerprint density at radius 3 is 2.31 bits per heavy atom. The molecule has 96 valence electrons. The maximum Gasteiger partial charge on any atom is 0.410 e. The van der Waals surface area contributed by atoms with E-state index < -0.39 is 5.60 Å². The van der Waals surface area contributed by atoms with Crippen LogP contribution in [0, 0.1) is 0 Å². The Hall–Kier alpha value is -0.770. The molecule has 0 aliphatic carbocycles. The van der Waals surface area contributed by atoms with Crippen LogP contribution in [0.15, 0.2) is 0 Å². The van der Waals surface area contributed by atoms with E-state index in [0.717, 1.165) is 32.4 Å². The average Bonchev–Trinajstić information content (AvgIpc) is 2.15. The fourth-order valence-corrected chi connectivity index (χ4v) is 1.33. The second-order valence-corrected chi connectivity index (χ2v) is 4.91. The highest BCUT2D eigenvalue weighted by molar-refractivity contribution is 5.68. The van der Waals surface area contributed by atoms with Crippen molar-refractivity contribution in [1.29, 1.82) is 0 Å².